The molecule has 0 unspecified atom stereocenters. The van der Waals surface area contributed by atoms with E-state index in [4.69, 9.17) is 14.6 Å². The van der Waals surface area contributed by atoms with Crippen molar-refractivity contribution in [2.75, 3.05) is 20.3 Å². The Hall–Kier alpha value is -2.86. The number of carbonyl (C=O) groups excluding carboxylic acids is 1. The highest BCUT2D eigenvalue weighted by molar-refractivity contribution is 5.99. The number of aliphatic hydroxyl groups is 1. The SMILES string of the molecule is CCC1CCC(CC(=O)c2ccc(OC)c(OCCc3cccc(CCO)c3)c2)(C(=O)O)CC1. The Morgan fingerprint density at radius 3 is 2.35 bits per heavy atom. The maximum Gasteiger partial charge on any atom is 0.310 e. The fourth-order valence-electron chi connectivity index (χ4n) is 4.83. The number of aliphatic hydroxyl groups excluding tert-OH is 1. The topological polar surface area (TPSA) is 93.1 Å². The van der Waals surface area contributed by atoms with E-state index in [-0.39, 0.29) is 18.8 Å². The molecule has 2 aromatic rings. The first kappa shape index (κ1) is 25.8. The molecule has 0 spiro atoms. The largest absolute Gasteiger partial charge is 0.493 e. The summed E-state index contributed by atoms with van der Waals surface area (Å²) in [7, 11) is 1.55. The molecule has 2 aromatic carbocycles. The van der Waals surface area contributed by atoms with Gasteiger partial charge < -0.3 is 19.7 Å². The summed E-state index contributed by atoms with van der Waals surface area (Å²) >= 11 is 0. The van der Waals surface area contributed by atoms with Crippen LogP contribution in [0.1, 0.15) is 66.9 Å². The lowest BCUT2D eigenvalue weighted by Gasteiger charge is -2.36. The normalized spacial score (nSPS) is 20.0. The lowest BCUT2D eigenvalue weighted by atomic mass is 9.67. The van der Waals surface area contributed by atoms with E-state index in [1.54, 1.807) is 25.3 Å². The summed E-state index contributed by atoms with van der Waals surface area (Å²) in [5, 5.41) is 19.1. The number of Topliss-reactive ketones (excluding diaryl/α,β-unsaturated/α-hetero) is 1. The molecule has 1 fully saturated rings. The average molecular weight is 469 g/mol. The van der Waals surface area contributed by atoms with Crippen LogP contribution in [0.15, 0.2) is 42.5 Å². The molecule has 6 heteroatoms. The van der Waals surface area contributed by atoms with Gasteiger partial charge in [0.1, 0.15) is 0 Å². The molecule has 0 amide bonds. The van der Waals surface area contributed by atoms with E-state index in [1.807, 2.05) is 18.2 Å². The van der Waals surface area contributed by atoms with Crippen LogP contribution in [0.2, 0.25) is 0 Å². The first-order chi connectivity index (χ1) is 16.4. The van der Waals surface area contributed by atoms with Crippen LogP contribution in [0.4, 0.5) is 0 Å². The maximum atomic E-state index is 13.1. The molecule has 0 aromatic heterocycles. The first-order valence-electron chi connectivity index (χ1n) is 12.2. The van der Waals surface area contributed by atoms with Gasteiger partial charge in [-0.3, -0.25) is 9.59 Å². The number of benzene rings is 2. The van der Waals surface area contributed by atoms with Crippen LogP contribution in [0, 0.1) is 11.3 Å². The Morgan fingerprint density at radius 1 is 1.03 bits per heavy atom. The van der Waals surface area contributed by atoms with Gasteiger partial charge in [-0.25, -0.2) is 0 Å². The minimum Gasteiger partial charge on any atom is -0.493 e. The Bertz CT molecular complexity index is 975. The van der Waals surface area contributed by atoms with E-state index >= 15 is 0 Å². The monoisotopic (exact) mass is 468 g/mol. The van der Waals surface area contributed by atoms with Crippen molar-refractivity contribution in [3.63, 3.8) is 0 Å². The number of ether oxygens (including phenoxy) is 2. The number of ketones is 1. The minimum atomic E-state index is -0.983. The second-order valence-electron chi connectivity index (χ2n) is 9.29. The van der Waals surface area contributed by atoms with Crippen LogP contribution < -0.4 is 9.47 Å². The van der Waals surface area contributed by atoms with Crippen LogP contribution in [0.5, 0.6) is 11.5 Å². The van der Waals surface area contributed by atoms with Gasteiger partial charge in [-0.15, -0.1) is 0 Å². The van der Waals surface area contributed by atoms with Crippen LogP contribution in [-0.4, -0.2) is 42.3 Å². The van der Waals surface area contributed by atoms with Crippen molar-refractivity contribution >= 4 is 11.8 Å². The highest BCUT2D eigenvalue weighted by Crippen LogP contribution is 2.44. The Morgan fingerprint density at radius 2 is 1.74 bits per heavy atom. The van der Waals surface area contributed by atoms with Gasteiger partial charge >= 0.3 is 5.97 Å². The summed E-state index contributed by atoms with van der Waals surface area (Å²) < 4.78 is 11.4. The molecule has 0 saturated heterocycles. The van der Waals surface area contributed by atoms with Gasteiger partial charge in [0.25, 0.3) is 0 Å². The van der Waals surface area contributed by atoms with Crippen molar-refractivity contribution in [3.8, 4) is 11.5 Å². The summed E-state index contributed by atoms with van der Waals surface area (Å²) in [5.74, 6) is 0.499. The third kappa shape index (κ3) is 6.38. The average Bonchev–Trinajstić information content (AvgIpc) is 2.84. The fraction of sp³-hybridized carbons (Fsp3) is 0.500. The van der Waals surface area contributed by atoms with Crippen LogP contribution in [0.25, 0.3) is 0 Å². The number of hydrogen-bond acceptors (Lipinski definition) is 5. The molecule has 0 heterocycles. The molecule has 1 saturated carbocycles. The Kier molecular flexibility index (Phi) is 9.11. The number of rotatable bonds is 12. The van der Waals surface area contributed by atoms with Crippen molar-refractivity contribution in [1.82, 2.24) is 0 Å². The fourth-order valence-corrected chi connectivity index (χ4v) is 4.83. The number of carboxylic acid groups (broad SMARTS) is 1. The van der Waals surface area contributed by atoms with Crippen molar-refractivity contribution in [2.24, 2.45) is 11.3 Å². The van der Waals surface area contributed by atoms with Crippen molar-refractivity contribution in [1.29, 1.82) is 0 Å². The molecule has 0 aliphatic heterocycles. The van der Waals surface area contributed by atoms with E-state index in [1.165, 1.54) is 0 Å². The van der Waals surface area contributed by atoms with Gasteiger partial charge in [0.15, 0.2) is 17.3 Å². The highest BCUT2D eigenvalue weighted by atomic mass is 16.5. The van der Waals surface area contributed by atoms with E-state index in [2.05, 4.69) is 13.0 Å². The Labute approximate surface area is 201 Å². The summed E-state index contributed by atoms with van der Waals surface area (Å²) in [6, 6.07) is 13.1. The summed E-state index contributed by atoms with van der Waals surface area (Å²) in [5.41, 5.74) is 1.64. The zero-order chi connectivity index (χ0) is 24.6. The summed E-state index contributed by atoms with van der Waals surface area (Å²) in [6.07, 6.45) is 5.13. The van der Waals surface area contributed by atoms with Gasteiger partial charge in [0, 0.05) is 25.0 Å². The van der Waals surface area contributed by atoms with Crippen LogP contribution >= 0.6 is 0 Å². The zero-order valence-electron chi connectivity index (χ0n) is 20.2. The van der Waals surface area contributed by atoms with Gasteiger partial charge in [0.2, 0.25) is 0 Å². The predicted molar refractivity (Wildman–Crippen MR) is 131 cm³/mol. The molecule has 0 radical (unpaired) electrons. The molecule has 2 N–H and O–H groups in total. The summed E-state index contributed by atoms with van der Waals surface area (Å²) in [4.78, 5) is 25.3. The molecule has 184 valence electrons. The van der Waals surface area contributed by atoms with Gasteiger partial charge in [-0.1, -0.05) is 37.6 Å². The molecule has 0 bridgehead atoms. The lowest BCUT2D eigenvalue weighted by molar-refractivity contribution is -0.151. The third-order valence-electron chi connectivity index (χ3n) is 7.12. The molecule has 1 aliphatic rings. The molecule has 34 heavy (non-hydrogen) atoms. The van der Waals surface area contributed by atoms with E-state index in [0.717, 1.165) is 30.4 Å². The van der Waals surface area contributed by atoms with Gasteiger partial charge in [0.05, 0.1) is 19.1 Å². The molecular weight excluding hydrogens is 432 g/mol. The number of hydrogen-bond donors (Lipinski definition) is 2. The second kappa shape index (κ2) is 12.0. The number of methoxy groups -OCH3 is 1. The van der Waals surface area contributed by atoms with Gasteiger partial charge in [-0.05, 0) is 67.3 Å². The number of aliphatic carboxylic acids is 1. The molecule has 0 atom stereocenters. The maximum absolute atomic E-state index is 13.1. The van der Waals surface area contributed by atoms with Crippen molar-refractivity contribution in [3.05, 3.63) is 59.2 Å². The molecule has 3 rings (SSSR count). The van der Waals surface area contributed by atoms with Crippen molar-refractivity contribution < 1.29 is 29.3 Å². The highest BCUT2D eigenvalue weighted by Gasteiger charge is 2.43. The predicted octanol–water partition coefficient (Wildman–Crippen LogP) is 5.10. The third-order valence-corrected chi connectivity index (χ3v) is 7.12. The number of carbonyl (C=O) groups is 2. The second-order valence-corrected chi connectivity index (χ2v) is 9.29. The van der Waals surface area contributed by atoms with Crippen LogP contribution in [0.3, 0.4) is 0 Å². The first-order valence-corrected chi connectivity index (χ1v) is 12.2. The van der Waals surface area contributed by atoms with Crippen LogP contribution in [-0.2, 0) is 17.6 Å². The molecule has 6 nitrogen and oxygen atoms in total. The Balaban J connectivity index is 1.68. The van der Waals surface area contributed by atoms with E-state index in [0.29, 0.717) is 55.3 Å². The molecular formula is C28H36O6. The van der Waals surface area contributed by atoms with E-state index < -0.39 is 11.4 Å². The smallest absolute Gasteiger partial charge is 0.310 e. The minimum absolute atomic E-state index is 0.00217. The summed E-state index contributed by atoms with van der Waals surface area (Å²) in [6.45, 7) is 2.64. The van der Waals surface area contributed by atoms with E-state index in [9.17, 15) is 14.7 Å². The van der Waals surface area contributed by atoms with Crippen molar-refractivity contribution in [2.45, 2.75) is 58.3 Å². The number of carboxylic acids is 1. The van der Waals surface area contributed by atoms with Gasteiger partial charge in [-0.2, -0.15) is 0 Å². The lowest BCUT2D eigenvalue weighted by Crippen LogP contribution is -2.37. The zero-order valence-corrected chi connectivity index (χ0v) is 20.2. The quantitative estimate of drug-likeness (QED) is 0.421. The standard InChI is InChI=1S/C28H36O6/c1-3-20-9-13-28(14-10-20,27(31)32)19-24(30)23-7-8-25(33-2)26(18-23)34-16-12-22-6-4-5-21(17-22)11-15-29/h4-8,17-18,20,29H,3,9-16,19H2,1-2H3,(H,31,32). The molecule has 1 aliphatic carbocycles.